The van der Waals surface area contributed by atoms with E-state index in [4.69, 9.17) is 4.74 Å². The van der Waals surface area contributed by atoms with Crippen LogP contribution >= 0.6 is 0 Å². The van der Waals surface area contributed by atoms with Gasteiger partial charge < -0.3 is 14.2 Å². The minimum atomic E-state index is -2.65. The van der Waals surface area contributed by atoms with E-state index in [0.717, 1.165) is 0 Å². The molecule has 134 valence electrons. The van der Waals surface area contributed by atoms with Gasteiger partial charge in [-0.25, -0.2) is 13.8 Å². The summed E-state index contributed by atoms with van der Waals surface area (Å²) in [6.07, 6.45) is 4.59. The summed E-state index contributed by atoms with van der Waals surface area (Å²) in [5.41, 5.74) is 0. The molecular formula is C16H24F2N4O2. The first-order valence-electron chi connectivity index (χ1n) is 8.30. The van der Waals surface area contributed by atoms with Crippen LogP contribution in [0.5, 0.6) is 0 Å². The zero-order valence-electron chi connectivity index (χ0n) is 14.1. The van der Waals surface area contributed by atoms with Crippen molar-refractivity contribution in [3.63, 3.8) is 0 Å². The van der Waals surface area contributed by atoms with Crippen LogP contribution in [0, 0.1) is 0 Å². The van der Waals surface area contributed by atoms with E-state index < -0.39 is 5.92 Å². The number of carbonyl (C=O) groups excluding carboxylic acids is 1. The number of aromatic nitrogens is 2. The molecule has 0 aromatic carbocycles. The summed E-state index contributed by atoms with van der Waals surface area (Å²) in [7, 11) is 3.33. The third-order valence-corrected chi connectivity index (χ3v) is 5.01. The Morgan fingerprint density at radius 3 is 2.71 bits per heavy atom. The number of rotatable bonds is 4. The van der Waals surface area contributed by atoms with Gasteiger partial charge in [0, 0.05) is 58.1 Å². The van der Waals surface area contributed by atoms with Crippen LogP contribution < -0.4 is 0 Å². The normalized spacial score (nSPS) is 25.3. The number of amides is 1. The van der Waals surface area contributed by atoms with Crippen molar-refractivity contribution in [2.45, 2.75) is 37.3 Å². The van der Waals surface area contributed by atoms with Gasteiger partial charge >= 0.3 is 0 Å². The Hall–Kier alpha value is -1.54. The highest BCUT2D eigenvalue weighted by Gasteiger charge is 2.47. The lowest BCUT2D eigenvalue weighted by Crippen LogP contribution is -2.49. The zero-order chi connectivity index (χ0) is 17.3. The van der Waals surface area contributed by atoms with Crippen molar-refractivity contribution >= 4 is 5.91 Å². The van der Waals surface area contributed by atoms with Crippen LogP contribution in [0.4, 0.5) is 8.78 Å². The highest BCUT2D eigenvalue weighted by atomic mass is 19.3. The van der Waals surface area contributed by atoms with E-state index in [9.17, 15) is 13.6 Å². The molecule has 24 heavy (non-hydrogen) atoms. The predicted octanol–water partition coefficient (Wildman–Crippen LogP) is 1.38. The number of nitrogens with zero attached hydrogens (tertiary/aromatic N) is 4. The second-order valence-corrected chi connectivity index (χ2v) is 6.73. The number of hydrogen-bond acceptors (Lipinski definition) is 4. The molecule has 1 aromatic heterocycles. The number of likely N-dealkylation sites (tertiary alicyclic amines) is 2. The van der Waals surface area contributed by atoms with E-state index in [0.29, 0.717) is 38.4 Å². The number of methoxy groups -OCH3 is 1. The van der Waals surface area contributed by atoms with Crippen LogP contribution in [0.25, 0.3) is 0 Å². The highest BCUT2D eigenvalue weighted by molar-refractivity contribution is 5.90. The molecule has 1 amide bonds. The van der Waals surface area contributed by atoms with Crippen LogP contribution in [0.3, 0.4) is 0 Å². The monoisotopic (exact) mass is 342 g/mol. The van der Waals surface area contributed by atoms with Gasteiger partial charge in [0.25, 0.3) is 11.8 Å². The van der Waals surface area contributed by atoms with E-state index >= 15 is 0 Å². The first kappa shape index (κ1) is 17.3. The highest BCUT2D eigenvalue weighted by Crippen LogP contribution is 2.35. The number of hydrogen-bond donors (Lipinski definition) is 0. The molecule has 3 heterocycles. The molecule has 1 aromatic rings. The maximum atomic E-state index is 13.8. The van der Waals surface area contributed by atoms with Crippen molar-refractivity contribution in [1.29, 1.82) is 0 Å². The van der Waals surface area contributed by atoms with E-state index in [1.54, 1.807) is 36.0 Å². The Morgan fingerprint density at radius 1 is 1.42 bits per heavy atom. The quantitative estimate of drug-likeness (QED) is 0.830. The number of imidazole rings is 1. The van der Waals surface area contributed by atoms with Gasteiger partial charge in [-0.05, 0) is 12.8 Å². The number of halogens is 2. The first-order chi connectivity index (χ1) is 11.4. The lowest BCUT2D eigenvalue weighted by Gasteiger charge is -2.38. The predicted molar refractivity (Wildman–Crippen MR) is 84.1 cm³/mol. The Kier molecular flexibility index (Phi) is 4.87. The molecule has 6 nitrogen and oxygen atoms in total. The molecule has 0 radical (unpaired) electrons. The molecule has 8 heteroatoms. The third kappa shape index (κ3) is 3.44. The fourth-order valence-corrected chi connectivity index (χ4v) is 3.81. The summed E-state index contributed by atoms with van der Waals surface area (Å²) < 4.78 is 34.4. The van der Waals surface area contributed by atoms with E-state index in [1.807, 2.05) is 4.90 Å². The van der Waals surface area contributed by atoms with Gasteiger partial charge in [0.15, 0.2) is 5.82 Å². The second kappa shape index (κ2) is 6.76. The molecule has 1 atom stereocenters. The number of piperidine rings is 1. The molecule has 0 spiro atoms. The van der Waals surface area contributed by atoms with Gasteiger partial charge in [-0.2, -0.15) is 0 Å². The summed E-state index contributed by atoms with van der Waals surface area (Å²) in [6, 6.07) is -0.171. The average Bonchev–Trinajstić information content (AvgIpc) is 3.10. The van der Waals surface area contributed by atoms with Crippen molar-refractivity contribution in [1.82, 2.24) is 19.4 Å². The molecule has 0 saturated carbocycles. The third-order valence-electron chi connectivity index (χ3n) is 5.01. The topological polar surface area (TPSA) is 50.6 Å². The van der Waals surface area contributed by atoms with Crippen molar-refractivity contribution < 1.29 is 18.3 Å². The Balaban J connectivity index is 1.60. The van der Waals surface area contributed by atoms with Crippen molar-refractivity contribution in [3.05, 3.63) is 18.2 Å². The van der Waals surface area contributed by atoms with Crippen LogP contribution in [0.2, 0.25) is 0 Å². The molecule has 2 saturated heterocycles. The molecule has 0 aliphatic carbocycles. The van der Waals surface area contributed by atoms with Crippen molar-refractivity contribution in [2.75, 3.05) is 33.4 Å². The molecule has 2 aliphatic rings. The second-order valence-electron chi connectivity index (χ2n) is 6.73. The van der Waals surface area contributed by atoms with Gasteiger partial charge in [0.05, 0.1) is 13.2 Å². The van der Waals surface area contributed by atoms with Gasteiger partial charge in [-0.3, -0.25) is 9.69 Å². The maximum Gasteiger partial charge on any atom is 0.289 e. The minimum absolute atomic E-state index is 0.0731. The fourth-order valence-electron chi connectivity index (χ4n) is 3.81. The number of carbonyl (C=O) groups is 1. The summed E-state index contributed by atoms with van der Waals surface area (Å²) in [5, 5.41) is 0. The fraction of sp³-hybridized carbons (Fsp3) is 0.750. The lowest BCUT2D eigenvalue weighted by atomic mass is 10.0. The van der Waals surface area contributed by atoms with Crippen LogP contribution in [-0.2, 0) is 11.8 Å². The molecule has 0 unspecified atom stereocenters. The summed E-state index contributed by atoms with van der Waals surface area (Å²) in [6.45, 7) is 1.25. The number of aryl methyl sites for hydroxylation is 1. The van der Waals surface area contributed by atoms with Crippen molar-refractivity contribution in [3.8, 4) is 0 Å². The van der Waals surface area contributed by atoms with Gasteiger partial charge in [0.2, 0.25) is 0 Å². The smallest absolute Gasteiger partial charge is 0.289 e. The summed E-state index contributed by atoms with van der Waals surface area (Å²) in [4.78, 5) is 20.2. The van der Waals surface area contributed by atoms with Gasteiger partial charge in [-0.1, -0.05) is 0 Å². The largest absolute Gasteiger partial charge is 0.383 e. The molecule has 2 aliphatic heterocycles. The van der Waals surface area contributed by atoms with Crippen molar-refractivity contribution in [2.24, 2.45) is 7.05 Å². The standard InChI is InChI=1S/C16H24F2N4O2/c1-20-8-5-19-14(20)15(23)21-6-3-12(4-7-21)22-11-16(17,18)9-13(22)10-24-2/h5,8,12-13H,3-4,6-7,9-11H2,1-2H3/t13-/m0/s1. The molecule has 2 fully saturated rings. The van der Waals surface area contributed by atoms with Gasteiger partial charge in [0.1, 0.15) is 0 Å². The summed E-state index contributed by atoms with van der Waals surface area (Å²) in [5.74, 6) is -2.33. The van der Waals surface area contributed by atoms with E-state index in [1.165, 1.54) is 0 Å². The minimum Gasteiger partial charge on any atom is -0.383 e. The van der Waals surface area contributed by atoms with Crippen LogP contribution in [-0.4, -0.2) is 76.6 Å². The van der Waals surface area contributed by atoms with E-state index in [2.05, 4.69) is 4.98 Å². The zero-order valence-corrected chi connectivity index (χ0v) is 14.1. The van der Waals surface area contributed by atoms with E-state index in [-0.39, 0.29) is 31.0 Å². The Bertz CT molecular complexity index is 584. The maximum absolute atomic E-state index is 13.8. The lowest BCUT2D eigenvalue weighted by molar-refractivity contribution is 0.00278. The number of ether oxygens (including phenoxy) is 1. The Labute approximate surface area is 140 Å². The van der Waals surface area contributed by atoms with Crippen LogP contribution in [0.15, 0.2) is 12.4 Å². The molecule has 0 N–H and O–H groups in total. The van der Waals surface area contributed by atoms with Crippen LogP contribution in [0.1, 0.15) is 29.9 Å². The Morgan fingerprint density at radius 2 is 2.12 bits per heavy atom. The average molecular weight is 342 g/mol. The van der Waals surface area contributed by atoms with Gasteiger partial charge in [-0.15, -0.1) is 0 Å². The number of alkyl halides is 2. The molecule has 0 bridgehead atoms. The summed E-state index contributed by atoms with van der Waals surface area (Å²) >= 11 is 0. The molecule has 3 rings (SSSR count). The SMILES string of the molecule is COC[C@@H]1CC(F)(F)CN1C1CCN(C(=O)c2nccn2C)CC1. The molecular weight excluding hydrogens is 318 g/mol. The first-order valence-corrected chi connectivity index (χ1v) is 8.30.